The second-order valence-electron chi connectivity index (χ2n) is 6.75. The van der Waals surface area contributed by atoms with Crippen molar-refractivity contribution in [2.45, 2.75) is 37.6 Å². The smallest absolute Gasteiger partial charge is 0.251 e. The molecule has 2 aromatic rings. The summed E-state index contributed by atoms with van der Waals surface area (Å²) in [6.45, 7) is 3.10. The molecule has 3 rings (SSSR count). The Morgan fingerprint density at radius 3 is 2.41 bits per heavy atom. The maximum Gasteiger partial charge on any atom is 0.251 e. The van der Waals surface area contributed by atoms with E-state index in [1.54, 1.807) is 37.3 Å². The maximum absolute atomic E-state index is 13.3. The number of carbonyl (C=O) groups excluding carboxylic acids is 1. The summed E-state index contributed by atoms with van der Waals surface area (Å²) in [5, 5.41) is 2.74. The van der Waals surface area contributed by atoms with Crippen LogP contribution in [0.1, 0.15) is 40.7 Å². The van der Waals surface area contributed by atoms with Gasteiger partial charge in [0.25, 0.3) is 5.91 Å². The Hall–Kier alpha value is -2.25. The molecule has 1 heterocycles. The minimum atomic E-state index is -3.46. The number of sulfonamides is 1. The molecule has 27 heavy (non-hydrogen) atoms. The Balaban J connectivity index is 1.65. The quantitative estimate of drug-likeness (QED) is 0.852. The molecule has 7 heteroatoms. The number of amides is 1. The van der Waals surface area contributed by atoms with Crippen LogP contribution in [0.25, 0.3) is 0 Å². The van der Waals surface area contributed by atoms with E-state index < -0.39 is 15.8 Å². The molecule has 1 saturated heterocycles. The average Bonchev–Trinajstić information content (AvgIpc) is 2.69. The fourth-order valence-electron chi connectivity index (χ4n) is 3.15. The third-order valence-electron chi connectivity index (χ3n) is 4.77. The van der Waals surface area contributed by atoms with E-state index in [4.69, 9.17) is 0 Å². The van der Waals surface area contributed by atoms with Crippen LogP contribution in [0, 0.1) is 12.7 Å². The van der Waals surface area contributed by atoms with Crippen molar-refractivity contribution >= 4 is 15.9 Å². The Morgan fingerprint density at radius 1 is 1.07 bits per heavy atom. The van der Waals surface area contributed by atoms with Gasteiger partial charge in [-0.05, 0) is 55.2 Å². The fourth-order valence-corrected chi connectivity index (χ4v) is 4.67. The first-order valence-electron chi connectivity index (χ1n) is 9.01. The lowest BCUT2D eigenvalue weighted by molar-refractivity contribution is 0.0950. The van der Waals surface area contributed by atoms with Gasteiger partial charge in [-0.15, -0.1) is 0 Å². The SMILES string of the molecule is Cc1ccc(F)cc1C(=O)NCc1ccc(S(=O)(=O)N2CCCCC2)cc1. The van der Waals surface area contributed by atoms with Crippen LogP contribution in [0.5, 0.6) is 0 Å². The average molecular weight is 390 g/mol. The van der Waals surface area contributed by atoms with Gasteiger partial charge in [0.05, 0.1) is 4.90 Å². The number of carbonyl (C=O) groups is 1. The first-order chi connectivity index (χ1) is 12.9. The lowest BCUT2D eigenvalue weighted by atomic mass is 10.1. The number of rotatable bonds is 5. The van der Waals surface area contributed by atoms with Crippen molar-refractivity contribution in [1.82, 2.24) is 9.62 Å². The number of hydrogen-bond acceptors (Lipinski definition) is 3. The number of halogens is 1. The summed E-state index contributed by atoms with van der Waals surface area (Å²) in [6, 6.07) is 10.6. The molecule has 0 atom stereocenters. The van der Waals surface area contributed by atoms with E-state index >= 15 is 0 Å². The lowest BCUT2D eigenvalue weighted by Crippen LogP contribution is -2.35. The van der Waals surface area contributed by atoms with Crippen LogP contribution < -0.4 is 5.32 Å². The van der Waals surface area contributed by atoms with Gasteiger partial charge in [0.1, 0.15) is 5.82 Å². The number of piperidine rings is 1. The molecule has 5 nitrogen and oxygen atoms in total. The lowest BCUT2D eigenvalue weighted by Gasteiger charge is -2.25. The molecule has 0 radical (unpaired) electrons. The molecule has 1 N–H and O–H groups in total. The van der Waals surface area contributed by atoms with Gasteiger partial charge >= 0.3 is 0 Å². The van der Waals surface area contributed by atoms with E-state index in [9.17, 15) is 17.6 Å². The van der Waals surface area contributed by atoms with E-state index in [0.29, 0.717) is 24.2 Å². The molecule has 1 amide bonds. The minimum absolute atomic E-state index is 0.235. The molecule has 0 saturated carbocycles. The molecule has 1 aliphatic heterocycles. The number of benzene rings is 2. The maximum atomic E-state index is 13.3. The van der Waals surface area contributed by atoms with Crippen molar-refractivity contribution in [3.05, 3.63) is 65.0 Å². The summed E-state index contributed by atoms with van der Waals surface area (Å²) >= 11 is 0. The van der Waals surface area contributed by atoms with E-state index in [-0.39, 0.29) is 17.3 Å². The van der Waals surface area contributed by atoms with Crippen LogP contribution in [0.15, 0.2) is 47.4 Å². The summed E-state index contributed by atoms with van der Waals surface area (Å²) in [7, 11) is -3.46. The predicted molar refractivity (Wildman–Crippen MR) is 101 cm³/mol. The number of aryl methyl sites for hydroxylation is 1. The molecular weight excluding hydrogens is 367 g/mol. The largest absolute Gasteiger partial charge is 0.348 e. The van der Waals surface area contributed by atoms with Crippen LogP contribution in [0.3, 0.4) is 0 Å². The number of nitrogens with zero attached hydrogens (tertiary/aromatic N) is 1. The molecule has 1 fully saturated rings. The van der Waals surface area contributed by atoms with Crippen LogP contribution in [0.2, 0.25) is 0 Å². The zero-order chi connectivity index (χ0) is 19.4. The molecule has 0 aromatic heterocycles. The Bertz CT molecular complexity index is 921. The van der Waals surface area contributed by atoms with E-state index in [1.165, 1.54) is 16.4 Å². The van der Waals surface area contributed by atoms with Gasteiger partial charge in [-0.1, -0.05) is 24.6 Å². The first kappa shape index (κ1) is 19.5. The predicted octanol–water partition coefficient (Wildman–Crippen LogP) is 3.24. The number of hydrogen-bond donors (Lipinski definition) is 1. The van der Waals surface area contributed by atoms with Crippen LogP contribution in [0.4, 0.5) is 4.39 Å². The Kier molecular flexibility index (Phi) is 5.92. The first-order valence-corrected chi connectivity index (χ1v) is 10.5. The van der Waals surface area contributed by atoms with Crippen LogP contribution >= 0.6 is 0 Å². The second-order valence-corrected chi connectivity index (χ2v) is 8.69. The van der Waals surface area contributed by atoms with Crippen molar-refractivity contribution in [3.63, 3.8) is 0 Å². The molecule has 2 aromatic carbocycles. The Labute approximate surface area is 159 Å². The van der Waals surface area contributed by atoms with Gasteiger partial charge in [0.15, 0.2) is 0 Å². The minimum Gasteiger partial charge on any atom is -0.348 e. The summed E-state index contributed by atoms with van der Waals surface area (Å²) in [6.07, 6.45) is 2.85. The van der Waals surface area contributed by atoms with Crippen molar-refractivity contribution < 1.29 is 17.6 Å². The van der Waals surface area contributed by atoms with Crippen LogP contribution in [-0.2, 0) is 16.6 Å². The topological polar surface area (TPSA) is 66.5 Å². The highest BCUT2D eigenvalue weighted by atomic mass is 32.2. The van der Waals surface area contributed by atoms with Gasteiger partial charge in [0.2, 0.25) is 10.0 Å². The van der Waals surface area contributed by atoms with Gasteiger partial charge in [-0.3, -0.25) is 4.79 Å². The molecule has 0 unspecified atom stereocenters. The highest BCUT2D eigenvalue weighted by Crippen LogP contribution is 2.21. The van der Waals surface area contributed by atoms with Crippen molar-refractivity contribution in [1.29, 1.82) is 0 Å². The molecule has 0 spiro atoms. The van der Waals surface area contributed by atoms with Crippen molar-refractivity contribution in [2.24, 2.45) is 0 Å². The van der Waals surface area contributed by atoms with Crippen LogP contribution in [-0.4, -0.2) is 31.7 Å². The fraction of sp³-hybridized carbons (Fsp3) is 0.350. The summed E-state index contributed by atoms with van der Waals surface area (Å²) in [5.41, 5.74) is 1.76. The van der Waals surface area contributed by atoms with Gasteiger partial charge in [0, 0.05) is 25.2 Å². The summed E-state index contributed by atoms with van der Waals surface area (Å²) < 4.78 is 40.1. The highest BCUT2D eigenvalue weighted by molar-refractivity contribution is 7.89. The third-order valence-corrected chi connectivity index (χ3v) is 6.69. The standard InChI is InChI=1S/C20H23FN2O3S/c1-15-5-8-17(21)13-19(15)20(24)22-14-16-6-9-18(10-7-16)27(25,26)23-11-3-2-4-12-23/h5-10,13H,2-4,11-12,14H2,1H3,(H,22,24). The number of nitrogens with one attached hydrogen (secondary N) is 1. The molecule has 144 valence electrons. The van der Waals surface area contributed by atoms with E-state index in [1.807, 2.05) is 0 Å². The summed E-state index contributed by atoms with van der Waals surface area (Å²) in [4.78, 5) is 12.5. The molecule has 0 aliphatic carbocycles. The second kappa shape index (κ2) is 8.19. The van der Waals surface area contributed by atoms with Gasteiger partial charge in [-0.2, -0.15) is 4.31 Å². The highest BCUT2D eigenvalue weighted by Gasteiger charge is 2.25. The van der Waals surface area contributed by atoms with E-state index in [0.717, 1.165) is 24.8 Å². The van der Waals surface area contributed by atoms with Gasteiger partial charge in [-0.25, -0.2) is 12.8 Å². The van der Waals surface area contributed by atoms with Gasteiger partial charge < -0.3 is 5.32 Å². The molecular formula is C20H23FN2O3S. The molecule has 1 aliphatic rings. The normalized spacial score (nSPS) is 15.5. The van der Waals surface area contributed by atoms with E-state index in [2.05, 4.69) is 5.32 Å². The monoisotopic (exact) mass is 390 g/mol. The molecule has 0 bridgehead atoms. The zero-order valence-corrected chi connectivity index (χ0v) is 16.1. The summed E-state index contributed by atoms with van der Waals surface area (Å²) in [5.74, 6) is -0.824. The third kappa shape index (κ3) is 4.54. The van der Waals surface area contributed by atoms with Crippen molar-refractivity contribution in [2.75, 3.05) is 13.1 Å². The van der Waals surface area contributed by atoms with Crippen molar-refractivity contribution in [3.8, 4) is 0 Å². The zero-order valence-electron chi connectivity index (χ0n) is 15.2. The Morgan fingerprint density at radius 2 is 1.74 bits per heavy atom.